The lowest BCUT2D eigenvalue weighted by molar-refractivity contribution is -0.139. The Morgan fingerprint density at radius 2 is 1.12 bits per heavy atom. The zero-order valence-corrected chi connectivity index (χ0v) is 35.5. The maximum atomic E-state index is 13.8. The van der Waals surface area contributed by atoms with Gasteiger partial charge in [-0.1, -0.05) is 56.3 Å². The summed E-state index contributed by atoms with van der Waals surface area (Å²) in [4.78, 5) is 126. The number of carbonyl (C=O) groups excluding carboxylic acids is 8. The van der Waals surface area contributed by atoms with Crippen molar-refractivity contribution in [2.75, 3.05) is 13.2 Å². The number of aromatic hydroxyl groups is 1. The second-order valence-electron chi connectivity index (χ2n) is 15.0. The van der Waals surface area contributed by atoms with Crippen LogP contribution in [0.4, 0.5) is 4.79 Å². The second-order valence-corrected chi connectivity index (χ2v) is 15.0. The van der Waals surface area contributed by atoms with E-state index in [0.29, 0.717) is 11.1 Å². The van der Waals surface area contributed by atoms with Crippen molar-refractivity contribution in [3.05, 3.63) is 65.7 Å². The molecule has 350 valence electrons. The highest BCUT2D eigenvalue weighted by Crippen LogP contribution is 2.13. The number of aliphatic carboxylic acids is 2. The van der Waals surface area contributed by atoms with E-state index in [-0.39, 0.29) is 37.5 Å². The number of carbonyl (C=O) groups is 10. The molecule has 0 aromatic heterocycles. The number of amides is 8. The summed E-state index contributed by atoms with van der Waals surface area (Å²) in [5.74, 6) is -9.88. The lowest BCUT2D eigenvalue weighted by Crippen LogP contribution is -2.60. The number of rotatable bonds is 27. The van der Waals surface area contributed by atoms with Gasteiger partial charge in [0.2, 0.25) is 41.4 Å². The fourth-order valence-electron chi connectivity index (χ4n) is 5.73. The molecule has 0 bridgehead atoms. The molecule has 0 unspecified atom stereocenters. The summed E-state index contributed by atoms with van der Waals surface area (Å²) < 4.78 is 5.07. The molecule has 0 saturated carbocycles. The molecule has 0 aliphatic carbocycles. The number of nitrogens with one attached hydrogen (secondary N) is 7. The normalized spacial score (nSPS) is 13.6. The highest BCUT2D eigenvalue weighted by atomic mass is 16.5. The van der Waals surface area contributed by atoms with Gasteiger partial charge >= 0.3 is 18.0 Å². The first-order valence-corrected chi connectivity index (χ1v) is 20.1. The molecule has 13 N–H and O–H groups in total. The molecule has 23 nitrogen and oxygen atoms in total. The van der Waals surface area contributed by atoms with Gasteiger partial charge in [-0.05, 0) is 55.4 Å². The number of hydrogen-bond donors (Lipinski definition) is 12. The van der Waals surface area contributed by atoms with Crippen molar-refractivity contribution in [2.24, 2.45) is 11.7 Å². The quantitative estimate of drug-likeness (QED) is 0.0463. The minimum atomic E-state index is -1.77. The molecule has 0 spiro atoms. The molecule has 64 heavy (non-hydrogen) atoms. The molecule has 2 rings (SSSR count). The molecule has 6 atom stereocenters. The number of alkyl carbamates (subject to hydrolysis) is 1. The standard InChI is InChI=1S/C41H56N8O15/c1-22(2)17-29(38(60)48-30(18-24-9-11-26(51)12-10-24)39(61)46-27(35(42)57)13-15-33(53)54)47-40(62)31(20-50)49-37(59)28(14-16-34(55)56)45-32(52)19-43-36(58)23(3)44-41(63)64-21-25-7-5-4-6-8-25/h4-12,22-23,27-31,50-51H,13-21H2,1-3H3,(H2,42,57)(H,43,58)(H,44,63)(H,45,52)(H,46,61)(H,47,62)(H,48,60)(H,49,59)(H,53,54)(H,55,56)/t23-,27-,28-,29-,30-,31-/m1/s1. The second kappa shape index (κ2) is 26.9. The first-order valence-electron chi connectivity index (χ1n) is 20.1. The Kier molecular flexibility index (Phi) is 22.2. The number of nitrogens with two attached hydrogens (primary N) is 1. The van der Waals surface area contributed by atoms with Crippen LogP contribution in [0.5, 0.6) is 5.75 Å². The number of primary amides is 1. The number of benzene rings is 2. The summed E-state index contributed by atoms with van der Waals surface area (Å²) in [6.45, 7) is 2.88. The van der Waals surface area contributed by atoms with Gasteiger partial charge in [-0.2, -0.15) is 0 Å². The van der Waals surface area contributed by atoms with Gasteiger partial charge in [0.1, 0.15) is 48.6 Å². The van der Waals surface area contributed by atoms with Crippen molar-refractivity contribution < 1.29 is 73.1 Å². The van der Waals surface area contributed by atoms with Crippen LogP contribution >= 0.6 is 0 Å². The number of aliphatic hydroxyl groups is 1. The average molecular weight is 901 g/mol. The first-order chi connectivity index (χ1) is 30.2. The van der Waals surface area contributed by atoms with Gasteiger partial charge in [-0.3, -0.25) is 43.2 Å². The molecule has 23 heteroatoms. The number of carboxylic acid groups (broad SMARTS) is 2. The van der Waals surface area contributed by atoms with Crippen molar-refractivity contribution >= 4 is 59.4 Å². The molecular formula is C41H56N8O15. The molecular weight excluding hydrogens is 844 g/mol. The zero-order valence-electron chi connectivity index (χ0n) is 35.5. The molecule has 0 radical (unpaired) electrons. The molecule has 0 heterocycles. The number of aliphatic hydroxyl groups excluding tert-OH is 1. The predicted molar refractivity (Wildman–Crippen MR) is 223 cm³/mol. The topological polar surface area (TPSA) is 371 Å². The summed E-state index contributed by atoms with van der Waals surface area (Å²) in [6, 6.07) is 5.42. The third-order valence-electron chi connectivity index (χ3n) is 9.13. The fourth-order valence-corrected chi connectivity index (χ4v) is 5.73. The van der Waals surface area contributed by atoms with Gasteiger partial charge in [-0.25, -0.2) is 4.79 Å². The van der Waals surface area contributed by atoms with E-state index >= 15 is 0 Å². The maximum Gasteiger partial charge on any atom is 0.408 e. The van der Waals surface area contributed by atoms with Gasteiger partial charge in [0, 0.05) is 19.3 Å². The molecule has 2 aromatic carbocycles. The Hall–Kier alpha value is -7.30. The van der Waals surface area contributed by atoms with Crippen molar-refractivity contribution in [1.29, 1.82) is 0 Å². The summed E-state index contributed by atoms with van der Waals surface area (Å²) in [7, 11) is 0. The van der Waals surface area contributed by atoms with Crippen LogP contribution in [0.15, 0.2) is 54.6 Å². The first kappa shape index (κ1) is 52.8. The molecule has 8 amide bonds. The van der Waals surface area contributed by atoms with Gasteiger partial charge in [-0.15, -0.1) is 0 Å². The zero-order chi connectivity index (χ0) is 47.9. The average Bonchev–Trinajstić information content (AvgIpc) is 3.23. The molecule has 2 aromatic rings. The van der Waals surface area contributed by atoms with E-state index < -0.39 is 128 Å². The van der Waals surface area contributed by atoms with Crippen LogP contribution in [0.1, 0.15) is 64.0 Å². The number of hydrogen-bond acceptors (Lipinski definition) is 13. The Bertz CT molecular complexity index is 1950. The summed E-state index contributed by atoms with van der Waals surface area (Å²) in [6.07, 6.45) is -3.20. The van der Waals surface area contributed by atoms with Crippen LogP contribution in [0, 0.1) is 5.92 Å². The maximum absolute atomic E-state index is 13.8. The van der Waals surface area contributed by atoms with Crippen molar-refractivity contribution in [3.8, 4) is 5.75 Å². The van der Waals surface area contributed by atoms with Gasteiger partial charge in [0.15, 0.2) is 0 Å². The summed E-state index contributed by atoms with van der Waals surface area (Å²) in [5, 5.41) is 54.5. The van der Waals surface area contributed by atoms with E-state index in [1.54, 1.807) is 44.2 Å². The fraction of sp³-hybridized carbons (Fsp3) is 0.463. The monoisotopic (exact) mass is 900 g/mol. The van der Waals surface area contributed by atoms with Gasteiger partial charge in [0.05, 0.1) is 13.2 Å². The third kappa shape index (κ3) is 20.0. The smallest absolute Gasteiger partial charge is 0.408 e. The number of phenols is 1. The summed E-state index contributed by atoms with van der Waals surface area (Å²) in [5.41, 5.74) is 6.51. The minimum Gasteiger partial charge on any atom is -0.508 e. The van der Waals surface area contributed by atoms with E-state index in [1.807, 2.05) is 0 Å². The Balaban J connectivity index is 2.15. The Labute approximate surface area is 367 Å². The van der Waals surface area contributed by atoms with Crippen molar-refractivity contribution in [2.45, 2.75) is 102 Å². The van der Waals surface area contributed by atoms with Crippen LogP contribution in [0.25, 0.3) is 0 Å². The van der Waals surface area contributed by atoms with Crippen LogP contribution in [0.3, 0.4) is 0 Å². The minimum absolute atomic E-state index is 0.0498. The lowest BCUT2D eigenvalue weighted by atomic mass is 10.00. The lowest BCUT2D eigenvalue weighted by Gasteiger charge is -2.27. The largest absolute Gasteiger partial charge is 0.508 e. The Morgan fingerprint density at radius 1 is 0.609 bits per heavy atom. The number of phenolic OH excluding ortho intramolecular Hbond substituents is 1. The molecule has 0 aliphatic heterocycles. The van der Waals surface area contributed by atoms with Gasteiger partial charge < -0.3 is 68.1 Å². The van der Waals surface area contributed by atoms with Crippen LogP contribution in [0.2, 0.25) is 0 Å². The number of ether oxygens (including phenoxy) is 1. The predicted octanol–water partition coefficient (Wildman–Crippen LogP) is -1.96. The van der Waals surface area contributed by atoms with Crippen molar-refractivity contribution in [3.63, 3.8) is 0 Å². The Morgan fingerprint density at radius 3 is 1.69 bits per heavy atom. The summed E-state index contributed by atoms with van der Waals surface area (Å²) >= 11 is 0. The van der Waals surface area contributed by atoms with Crippen LogP contribution in [-0.2, 0) is 60.9 Å². The van der Waals surface area contributed by atoms with Gasteiger partial charge in [0.25, 0.3) is 0 Å². The highest BCUT2D eigenvalue weighted by molar-refractivity contribution is 5.97. The SMILES string of the molecule is CC(C)C[C@@H](NC(=O)[C@@H](CO)NC(=O)[C@@H](CCC(=O)O)NC(=O)CNC(=O)[C@@H](C)NC(=O)OCc1ccccc1)C(=O)N[C@H](Cc1ccc(O)cc1)C(=O)N[C@H](CCC(=O)O)C(N)=O. The van der Waals surface area contributed by atoms with E-state index in [9.17, 15) is 63.3 Å². The highest BCUT2D eigenvalue weighted by Gasteiger charge is 2.33. The van der Waals surface area contributed by atoms with Crippen LogP contribution < -0.4 is 43.0 Å². The van der Waals surface area contributed by atoms with Crippen molar-refractivity contribution in [1.82, 2.24) is 37.2 Å². The van der Waals surface area contributed by atoms with E-state index in [0.717, 1.165) is 0 Å². The molecule has 0 fully saturated rings. The van der Waals surface area contributed by atoms with E-state index in [4.69, 9.17) is 15.6 Å². The van der Waals surface area contributed by atoms with E-state index in [1.165, 1.54) is 31.2 Å². The molecule has 0 aliphatic rings. The molecule has 0 saturated heterocycles. The third-order valence-corrected chi connectivity index (χ3v) is 9.13. The number of carboxylic acids is 2. The van der Waals surface area contributed by atoms with Crippen LogP contribution in [-0.4, -0.2) is 129 Å². The van der Waals surface area contributed by atoms with E-state index in [2.05, 4.69) is 37.2 Å².